The molecule has 0 aliphatic heterocycles. The second kappa shape index (κ2) is 6.38. The molecular formula is C7H15N3O3. The molecule has 0 aromatic carbocycles. The monoisotopic (exact) mass is 189 g/mol. The Morgan fingerprint density at radius 2 is 2.08 bits per heavy atom. The number of nitrogens with two attached hydrogens (primary N) is 2. The number of aliphatic hydroxyl groups excluding tert-OH is 1. The van der Waals surface area contributed by atoms with E-state index in [4.69, 9.17) is 16.6 Å². The van der Waals surface area contributed by atoms with E-state index >= 15 is 0 Å². The molecule has 0 rings (SSSR count). The highest BCUT2D eigenvalue weighted by atomic mass is 16.3. The Hall–Kier alpha value is -1.14. The van der Waals surface area contributed by atoms with Crippen LogP contribution in [0, 0.1) is 0 Å². The lowest BCUT2D eigenvalue weighted by Gasteiger charge is -2.09. The number of rotatable bonds is 6. The molecule has 0 heterocycles. The van der Waals surface area contributed by atoms with Crippen LogP contribution in [-0.4, -0.2) is 36.1 Å². The van der Waals surface area contributed by atoms with Gasteiger partial charge in [0.1, 0.15) is 0 Å². The van der Waals surface area contributed by atoms with Crippen LogP contribution in [0.2, 0.25) is 0 Å². The van der Waals surface area contributed by atoms with Crippen LogP contribution in [0.5, 0.6) is 0 Å². The average Bonchev–Trinajstić information content (AvgIpc) is 2.10. The summed E-state index contributed by atoms with van der Waals surface area (Å²) in [6.07, 6.45) is 0.320. The molecule has 0 aliphatic carbocycles. The van der Waals surface area contributed by atoms with Gasteiger partial charge < -0.3 is 21.9 Å². The van der Waals surface area contributed by atoms with Gasteiger partial charge in [-0.1, -0.05) is 0 Å². The molecule has 6 heteroatoms. The molecule has 13 heavy (non-hydrogen) atoms. The standard InChI is InChI=1S/C7H15N3O3/c8-5(1-2-6(9)12)7(13)10-3-4-11/h5,11H,1-4,8H2,(H2,9,12)(H,10,13)/t5-/m0/s1. The minimum Gasteiger partial charge on any atom is -0.395 e. The van der Waals surface area contributed by atoms with E-state index < -0.39 is 11.9 Å². The normalized spacial score (nSPS) is 12.2. The fraction of sp³-hybridized carbons (Fsp3) is 0.714. The van der Waals surface area contributed by atoms with Gasteiger partial charge in [-0.2, -0.15) is 0 Å². The van der Waals surface area contributed by atoms with E-state index in [1.165, 1.54) is 0 Å². The zero-order valence-corrected chi connectivity index (χ0v) is 7.32. The summed E-state index contributed by atoms with van der Waals surface area (Å²) in [6.45, 7) is 0.0391. The number of nitrogens with one attached hydrogen (secondary N) is 1. The Balaban J connectivity index is 3.62. The molecule has 0 saturated heterocycles. The van der Waals surface area contributed by atoms with Crippen molar-refractivity contribution in [1.82, 2.24) is 5.32 Å². The summed E-state index contributed by atoms with van der Waals surface area (Å²) < 4.78 is 0. The molecule has 0 unspecified atom stereocenters. The highest BCUT2D eigenvalue weighted by Gasteiger charge is 2.12. The van der Waals surface area contributed by atoms with E-state index in [0.717, 1.165) is 0 Å². The summed E-state index contributed by atoms with van der Waals surface area (Å²) in [7, 11) is 0. The summed E-state index contributed by atoms with van der Waals surface area (Å²) in [6, 6.07) is -0.737. The van der Waals surface area contributed by atoms with Crippen LogP contribution in [0.4, 0.5) is 0 Å². The molecular weight excluding hydrogens is 174 g/mol. The Bertz CT molecular complexity index is 184. The third-order valence-corrected chi connectivity index (χ3v) is 1.45. The number of hydrogen-bond donors (Lipinski definition) is 4. The van der Waals surface area contributed by atoms with Crippen LogP contribution in [0.15, 0.2) is 0 Å². The van der Waals surface area contributed by atoms with Crippen molar-refractivity contribution in [3.63, 3.8) is 0 Å². The van der Waals surface area contributed by atoms with Gasteiger partial charge in [0.15, 0.2) is 0 Å². The SMILES string of the molecule is NC(=O)CC[C@H](N)C(=O)NCCO. The summed E-state index contributed by atoms with van der Waals surface area (Å²) in [5.41, 5.74) is 10.3. The van der Waals surface area contributed by atoms with E-state index in [2.05, 4.69) is 5.32 Å². The Morgan fingerprint density at radius 3 is 2.54 bits per heavy atom. The van der Waals surface area contributed by atoms with Crippen molar-refractivity contribution in [3.05, 3.63) is 0 Å². The largest absolute Gasteiger partial charge is 0.395 e. The lowest BCUT2D eigenvalue weighted by atomic mass is 10.1. The van der Waals surface area contributed by atoms with Gasteiger partial charge in [0.2, 0.25) is 11.8 Å². The van der Waals surface area contributed by atoms with E-state index in [0.29, 0.717) is 0 Å². The topological polar surface area (TPSA) is 118 Å². The molecule has 0 bridgehead atoms. The highest BCUT2D eigenvalue weighted by molar-refractivity contribution is 5.82. The van der Waals surface area contributed by atoms with Crippen LogP contribution in [-0.2, 0) is 9.59 Å². The molecule has 1 atom stereocenters. The number of carbonyl (C=O) groups excluding carboxylic acids is 2. The molecule has 0 aromatic rings. The van der Waals surface area contributed by atoms with Gasteiger partial charge in [-0.05, 0) is 6.42 Å². The zero-order valence-electron chi connectivity index (χ0n) is 7.32. The Kier molecular flexibility index (Phi) is 5.82. The predicted octanol–water partition coefficient (Wildman–Crippen LogP) is -2.31. The maximum absolute atomic E-state index is 11.0. The summed E-state index contributed by atoms with van der Waals surface area (Å²) >= 11 is 0. The minimum absolute atomic E-state index is 0.0910. The molecule has 0 aromatic heterocycles. The number of amides is 2. The minimum atomic E-state index is -0.737. The summed E-state index contributed by atoms with van der Waals surface area (Å²) in [4.78, 5) is 21.4. The Labute approximate surface area is 76.3 Å². The zero-order chi connectivity index (χ0) is 10.3. The molecule has 6 N–H and O–H groups in total. The van der Waals surface area contributed by atoms with Crippen molar-refractivity contribution in [1.29, 1.82) is 0 Å². The highest BCUT2D eigenvalue weighted by Crippen LogP contribution is 1.93. The quantitative estimate of drug-likeness (QED) is 0.375. The number of primary amides is 1. The van der Waals surface area contributed by atoms with Gasteiger partial charge in [-0.3, -0.25) is 9.59 Å². The summed E-state index contributed by atoms with van der Waals surface area (Å²) in [5.74, 6) is -0.860. The molecule has 2 amide bonds. The van der Waals surface area contributed by atoms with Gasteiger partial charge in [0.25, 0.3) is 0 Å². The fourth-order valence-corrected chi connectivity index (χ4v) is 0.739. The van der Waals surface area contributed by atoms with Crippen molar-refractivity contribution in [2.45, 2.75) is 18.9 Å². The van der Waals surface area contributed by atoms with Gasteiger partial charge in [-0.15, -0.1) is 0 Å². The second-order valence-corrected chi connectivity index (χ2v) is 2.63. The first-order valence-corrected chi connectivity index (χ1v) is 4.00. The van der Waals surface area contributed by atoms with Crippen LogP contribution >= 0.6 is 0 Å². The van der Waals surface area contributed by atoms with Gasteiger partial charge >= 0.3 is 0 Å². The van der Waals surface area contributed by atoms with Crippen molar-refractivity contribution >= 4 is 11.8 Å². The molecule has 6 nitrogen and oxygen atoms in total. The maximum atomic E-state index is 11.0. The molecule has 0 radical (unpaired) electrons. The second-order valence-electron chi connectivity index (χ2n) is 2.63. The van der Waals surface area contributed by atoms with Crippen LogP contribution < -0.4 is 16.8 Å². The first-order chi connectivity index (χ1) is 6.07. The van der Waals surface area contributed by atoms with Crippen LogP contribution in [0.25, 0.3) is 0 Å². The van der Waals surface area contributed by atoms with E-state index in [1.54, 1.807) is 0 Å². The smallest absolute Gasteiger partial charge is 0.237 e. The van der Waals surface area contributed by atoms with Crippen LogP contribution in [0.1, 0.15) is 12.8 Å². The van der Waals surface area contributed by atoms with E-state index in [9.17, 15) is 9.59 Å². The van der Waals surface area contributed by atoms with Crippen molar-refractivity contribution in [3.8, 4) is 0 Å². The average molecular weight is 189 g/mol. The van der Waals surface area contributed by atoms with Crippen LogP contribution in [0.3, 0.4) is 0 Å². The maximum Gasteiger partial charge on any atom is 0.237 e. The van der Waals surface area contributed by atoms with Gasteiger partial charge in [0.05, 0.1) is 12.6 Å². The van der Waals surface area contributed by atoms with E-state index in [-0.39, 0.29) is 31.9 Å². The lowest BCUT2D eigenvalue weighted by Crippen LogP contribution is -2.42. The predicted molar refractivity (Wildman–Crippen MR) is 46.5 cm³/mol. The first-order valence-electron chi connectivity index (χ1n) is 4.00. The number of hydrogen-bond acceptors (Lipinski definition) is 4. The number of aliphatic hydroxyl groups is 1. The van der Waals surface area contributed by atoms with Crippen molar-refractivity contribution < 1.29 is 14.7 Å². The number of carbonyl (C=O) groups is 2. The summed E-state index contributed by atoms with van der Waals surface area (Å²) in [5, 5.41) is 10.8. The van der Waals surface area contributed by atoms with Crippen molar-refractivity contribution in [2.24, 2.45) is 11.5 Å². The Morgan fingerprint density at radius 1 is 1.46 bits per heavy atom. The fourth-order valence-electron chi connectivity index (χ4n) is 0.739. The van der Waals surface area contributed by atoms with Crippen molar-refractivity contribution in [2.75, 3.05) is 13.2 Å². The third-order valence-electron chi connectivity index (χ3n) is 1.45. The molecule has 0 saturated carbocycles. The molecule has 0 fully saturated rings. The lowest BCUT2D eigenvalue weighted by molar-refractivity contribution is -0.123. The van der Waals surface area contributed by atoms with Gasteiger partial charge in [-0.25, -0.2) is 0 Å². The third kappa shape index (κ3) is 6.06. The van der Waals surface area contributed by atoms with E-state index in [1.807, 2.05) is 0 Å². The molecule has 0 spiro atoms. The first kappa shape index (κ1) is 11.9. The molecule has 0 aliphatic rings. The van der Waals surface area contributed by atoms with Gasteiger partial charge in [0, 0.05) is 13.0 Å². The molecule has 76 valence electrons.